The fourth-order valence-electron chi connectivity index (χ4n) is 3.94. The summed E-state index contributed by atoms with van der Waals surface area (Å²) in [4.78, 5) is 33.5. The molecule has 1 unspecified atom stereocenters. The molecule has 7 heteroatoms. The van der Waals surface area contributed by atoms with Gasteiger partial charge in [0.25, 0.3) is 5.91 Å². The Kier molecular flexibility index (Phi) is 7.77. The number of hydrogen-bond acceptors (Lipinski definition) is 5. The minimum atomic E-state index is -0.0345. The Balaban J connectivity index is 1.52. The third kappa shape index (κ3) is 5.42. The molecular formula is C22H30N4O2S. The largest absolute Gasteiger partial charge is 0.354 e. The Morgan fingerprint density at radius 2 is 2.03 bits per heavy atom. The number of nitrogens with zero attached hydrogens (tertiary/aromatic N) is 3. The van der Waals surface area contributed by atoms with E-state index in [1.165, 1.54) is 5.56 Å². The molecule has 0 saturated carbocycles. The van der Waals surface area contributed by atoms with Crippen LogP contribution in [0.3, 0.4) is 0 Å². The van der Waals surface area contributed by atoms with Crippen molar-refractivity contribution in [3.05, 3.63) is 52.5 Å². The second-order valence-electron chi connectivity index (χ2n) is 7.35. The number of likely N-dealkylation sites (N-methyl/N-ethyl adjacent to an activating group) is 1. The molecule has 3 heterocycles. The molecule has 1 N–H and O–H groups in total. The molecular weight excluding hydrogens is 384 g/mol. The van der Waals surface area contributed by atoms with Gasteiger partial charge in [0.1, 0.15) is 0 Å². The lowest BCUT2D eigenvalue weighted by atomic mass is 9.95. The summed E-state index contributed by atoms with van der Waals surface area (Å²) >= 11 is 1.69. The predicted molar refractivity (Wildman–Crippen MR) is 116 cm³/mol. The van der Waals surface area contributed by atoms with Crippen molar-refractivity contribution in [2.24, 2.45) is 5.92 Å². The zero-order valence-electron chi connectivity index (χ0n) is 17.2. The normalized spacial score (nSPS) is 16.0. The molecule has 156 valence electrons. The fourth-order valence-corrected chi connectivity index (χ4v) is 4.65. The highest BCUT2D eigenvalue weighted by atomic mass is 32.1. The number of nitrogens with one attached hydrogen (secondary N) is 1. The lowest BCUT2D eigenvalue weighted by Gasteiger charge is -2.33. The lowest BCUT2D eigenvalue weighted by Crippen LogP contribution is -2.45. The van der Waals surface area contributed by atoms with Crippen molar-refractivity contribution in [2.75, 3.05) is 32.7 Å². The van der Waals surface area contributed by atoms with E-state index in [2.05, 4.69) is 45.9 Å². The monoisotopic (exact) mass is 414 g/mol. The molecule has 1 atom stereocenters. The van der Waals surface area contributed by atoms with E-state index in [9.17, 15) is 9.59 Å². The van der Waals surface area contributed by atoms with Crippen molar-refractivity contribution < 1.29 is 9.59 Å². The summed E-state index contributed by atoms with van der Waals surface area (Å²) in [5.74, 6) is 0.0645. The number of rotatable bonds is 8. The number of thiophene rings is 1. The Bertz CT molecular complexity index is 769. The summed E-state index contributed by atoms with van der Waals surface area (Å²) < 4.78 is 0. The van der Waals surface area contributed by atoms with Crippen LogP contribution in [0.2, 0.25) is 0 Å². The zero-order valence-corrected chi connectivity index (χ0v) is 18.0. The van der Waals surface area contributed by atoms with Crippen molar-refractivity contribution in [2.45, 2.75) is 32.7 Å². The Morgan fingerprint density at radius 1 is 1.28 bits per heavy atom. The molecule has 0 aliphatic carbocycles. The van der Waals surface area contributed by atoms with Crippen molar-refractivity contribution in [1.29, 1.82) is 0 Å². The van der Waals surface area contributed by atoms with Crippen LogP contribution in [-0.2, 0) is 4.79 Å². The van der Waals surface area contributed by atoms with Gasteiger partial charge in [0, 0.05) is 37.9 Å². The highest BCUT2D eigenvalue weighted by Crippen LogP contribution is 2.23. The molecule has 1 aliphatic rings. The van der Waals surface area contributed by atoms with Gasteiger partial charge in [-0.2, -0.15) is 11.3 Å². The third-order valence-electron chi connectivity index (χ3n) is 5.71. The molecule has 0 radical (unpaired) electrons. The van der Waals surface area contributed by atoms with Crippen molar-refractivity contribution in [3.8, 4) is 0 Å². The Morgan fingerprint density at radius 3 is 2.62 bits per heavy atom. The molecule has 0 spiro atoms. The van der Waals surface area contributed by atoms with Crippen molar-refractivity contribution in [1.82, 2.24) is 20.1 Å². The van der Waals surface area contributed by atoms with Crippen molar-refractivity contribution in [3.63, 3.8) is 0 Å². The van der Waals surface area contributed by atoms with E-state index in [1.807, 2.05) is 4.90 Å². The van der Waals surface area contributed by atoms with E-state index >= 15 is 0 Å². The second-order valence-corrected chi connectivity index (χ2v) is 8.13. The van der Waals surface area contributed by atoms with Crippen LogP contribution >= 0.6 is 11.3 Å². The molecule has 2 aromatic rings. The Labute approximate surface area is 176 Å². The average Bonchev–Trinajstić information content (AvgIpc) is 3.31. The molecule has 1 aliphatic heterocycles. The van der Waals surface area contributed by atoms with Crippen LogP contribution in [0.25, 0.3) is 0 Å². The number of hydrogen-bond donors (Lipinski definition) is 1. The van der Waals surface area contributed by atoms with Gasteiger partial charge in [-0.1, -0.05) is 13.8 Å². The molecule has 3 rings (SSSR count). The molecule has 6 nitrogen and oxygen atoms in total. The first kappa shape index (κ1) is 21.5. The average molecular weight is 415 g/mol. The summed E-state index contributed by atoms with van der Waals surface area (Å²) in [7, 11) is 0. The van der Waals surface area contributed by atoms with Gasteiger partial charge in [0.05, 0.1) is 11.6 Å². The van der Waals surface area contributed by atoms with E-state index in [0.29, 0.717) is 38.0 Å². The number of aromatic nitrogens is 1. The van der Waals surface area contributed by atoms with Crippen LogP contribution in [0, 0.1) is 5.92 Å². The van der Waals surface area contributed by atoms with E-state index in [0.717, 1.165) is 13.1 Å². The molecule has 1 saturated heterocycles. The maximum atomic E-state index is 12.8. The summed E-state index contributed by atoms with van der Waals surface area (Å²) in [5, 5.41) is 7.43. The van der Waals surface area contributed by atoms with Crippen LogP contribution in [-0.4, -0.2) is 59.3 Å². The number of amides is 2. The molecule has 2 amide bonds. The van der Waals surface area contributed by atoms with Crippen LogP contribution in [0.1, 0.15) is 48.7 Å². The van der Waals surface area contributed by atoms with Gasteiger partial charge < -0.3 is 10.2 Å². The smallest absolute Gasteiger partial charge is 0.255 e. The number of carbonyl (C=O) groups is 2. The fraction of sp³-hybridized carbons (Fsp3) is 0.500. The number of carbonyl (C=O) groups excluding carboxylic acids is 2. The summed E-state index contributed by atoms with van der Waals surface area (Å²) in [5.41, 5.74) is 1.86. The summed E-state index contributed by atoms with van der Waals surface area (Å²) in [6.45, 7) is 8.03. The predicted octanol–water partition coefficient (Wildman–Crippen LogP) is 3.19. The highest BCUT2D eigenvalue weighted by Gasteiger charge is 2.28. The first-order valence-corrected chi connectivity index (χ1v) is 11.3. The highest BCUT2D eigenvalue weighted by molar-refractivity contribution is 7.07. The first-order chi connectivity index (χ1) is 14.1. The third-order valence-corrected chi connectivity index (χ3v) is 6.41. The Hall–Kier alpha value is -2.25. The maximum absolute atomic E-state index is 12.8. The van der Waals surface area contributed by atoms with Crippen LogP contribution in [0.15, 0.2) is 41.4 Å². The van der Waals surface area contributed by atoms with Gasteiger partial charge in [0.2, 0.25) is 5.91 Å². The topological polar surface area (TPSA) is 65.5 Å². The van der Waals surface area contributed by atoms with Crippen LogP contribution in [0.4, 0.5) is 0 Å². The van der Waals surface area contributed by atoms with Crippen LogP contribution < -0.4 is 5.32 Å². The number of piperidine rings is 1. The van der Waals surface area contributed by atoms with E-state index in [-0.39, 0.29) is 23.8 Å². The van der Waals surface area contributed by atoms with E-state index in [1.54, 1.807) is 35.9 Å². The SMILES string of the molecule is CCN(CC)C(CNC(=O)C1CCN(C(=O)c2cccnc2)CC1)c1ccsc1. The minimum Gasteiger partial charge on any atom is -0.354 e. The van der Waals surface area contributed by atoms with Gasteiger partial charge in [0.15, 0.2) is 0 Å². The van der Waals surface area contributed by atoms with Gasteiger partial charge in [-0.15, -0.1) is 0 Å². The van der Waals surface area contributed by atoms with Gasteiger partial charge in [-0.05, 0) is 60.5 Å². The van der Waals surface area contributed by atoms with Gasteiger partial charge in [-0.3, -0.25) is 19.5 Å². The first-order valence-electron chi connectivity index (χ1n) is 10.4. The second kappa shape index (κ2) is 10.5. The summed E-state index contributed by atoms with van der Waals surface area (Å²) in [6, 6.07) is 5.90. The lowest BCUT2D eigenvalue weighted by molar-refractivity contribution is -0.126. The van der Waals surface area contributed by atoms with Crippen LogP contribution in [0.5, 0.6) is 0 Å². The minimum absolute atomic E-state index is 0.00369. The molecule has 2 aromatic heterocycles. The van der Waals surface area contributed by atoms with Gasteiger partial charge >= 0.3 is 0 Å². The molecule has 1 fully saturated rings. The molecule has 0 aromatic carbocycles. The van der Waals surface area contributed by atoms with E-state index < -0.39 is 0 Å². The maximum Gasteiger partial charge on any atom is 0.255 e. The standard InChI is InChI=1S/C22H30N4O2S/c1-3-25(4-2)20(19-9-13-29-16-19)15-24-21(27)17-7-11-26(12-8-17)22(28)18-6-5-10-23-14-18/h5-6,9-10,13-14,16-17,20H,3-4,7-8,11-12,15H2,1-2H3,(H,24,27). The summed E-state index contributed by atoms with van der Waals surface area (Å²) in [6.07, 6.45) is 4.66. The number of pyridine rings is 1. The zero-order chi connectivity index (χ0) is 20.6. The van der Waals surface area contributed by atoms with Gasteiger partial charge in [-0.25, -0.2) is 0 Å². The molecule has 0 bridgehead atoms. The van der Waals surface area contributed by atoms with Crippen molar-refractivity contribution >= 4 is 23.2 Å². The quantitative estimate of drug-likeness (QED) is 0.720. The van der Waals surface area contributed by atoms with E-state index in [4.69, 9.17) is 0 Å². The molecule has 29 heavy (non-hydrogen) atoms. The number of likely N-dealkylation sites (tertiary alicyclic amines) is 1.